The summed E-state index contributed by atoms with van der Waals surface area (Å²) in [6.45, 7) is 5.68. The maximum absolute atomic E-state index is 12.2. The maximum Gasteiger partial charge on any atom is 0.313 e. The quantitative estimate of drug-likeness (QED) is 0.829. The van der Waals surface area contributed by atoms with Gasteiger partial charge in [0.15, 0.2) is 0 Å². The normalized spacial score (nSPS) is 19.2. The molecule has 2 unspecified atom stereocenters. The Morgan fingerprint density at radius 2 is 2.26 bits per heavy atom. The fourth-order valence-corrected chi connectivity index (χ4v) is 2.31. The lowest BCUT2D eigenvalue weighted by molar-refractivity contribution is -0.153. The molecule has 1 aliphatic heterocycles. The summed E-state index contributed by atoms with van der Waals surface area (Å²) in [5, 5.41) is 3.30. The molecule has 104 valence electrons. The number of anilines is 1. The van der Waals surface area contributed by atoms with Gasteiger partial charge in [-0.2, -0.15) is 0 Å². The molecule has 1 aliphatic rings. The minimum atomic E-state index is -0.200. The van der Waals surface area contributed by atoms with Crippen LogP contribution in [0.3, 0.4) is 0 Å². The molecule has 1 aromatic carbocycles. The van der Waals surface area contributed by atoms with E-state index < -0.39 is 0 Å². The molecule has 2 atom stereocenters. The summed E-state index contributed by atoms with van der Waals surface area (Å²) in [7, 11) is 0. The Hall–Kier alpha value is -1.55. The van der Waals surface area contributed by atoms with Crippen LogP contribution in [-0.2, 0) is 14.3 Å². The van der Waals surface area contributed by atoms with E-state index in [4.69, 9.17) is 9.47 Å². The Labute approximate surface area is 114 Å². The van der Waals surface area contributed by atoms with Crippen LogP contribution >= 0.6 is 0 Å². The van der Waals surface area contributed by atoms with Gasteiger partial charge < -0.3 is 14.8 Å². The van der Waals surface area contributed by atoms with Crippen LogP contribution in [0.1, 0.15) is 31.7 Å². The molecule has 0 fully saturated rings. The number of benzene rings is 1. The van der Waals surface area contributed by atoms with Gasteiger partial charge >= 0.3 is 5.97 Å². The van der Waals surface area contributed by atoms with E-state index in [9.17, 15) is 4.79 Å². The predicted octanol–water partition coefficient (Wildman–Crippen LogP) is 2.55. The molecule has 4 nitrogen and oxygen atoms in total. The second-order valence-electron chi connectivity index (χ2n) is 4.76. The summed E-state index contributed by atoms with van der Waals surface area (Å²) < 4.78 is 10.7. The van der Waals surface area contributed by atoms with Crippen molar-refractivity contribution in [2.45, 2.75) is 32.3 Å². The first kappa shape index (κ1) is 13.9. The second kappa shape index (κ2) is 6.57. The van der Waals surface area contributed by atoms with Crippen LogP contribution in [-0.4, -0.2) is 31.8 Å². The zero-order chi connectivity index (χ0) is 13.7. The van der Waals surface area contributed by atoms with Crippen LogP contribution in [0.15, 0.2) is 24.3 Å². The summed E-state index contributed by atoms with van der Waals surface area (Å²) in [5.41, 5.74) is 2.07. The van der Waals surface area contributed by atoms with Gasteiger partial charge in [-0.1, -0.05) is 18.2 Å². The first-order valence-electron chi connectivity index (χ1n) is 6.83. The summed E-state index contributed by atoms with van der Waals surface area (Å²) in [5.74, 6) is -0.317. The third-order valence-electron chi connectivity index (χ3n) is 3.24. The van der Waals surface area contributed by atoms with E-state index in [0.29, 0.717) is 13.2 Å². The topological polar surface area (TPSA) is 47.6 Å². The van der Waals surface area contributed by atoms with E-state index in [-0.39, 0.29) is 18.0 Å². The summed E-state index contributed by atoms with van der Waals surface area (Å²) in [4.78, 5) is 12.2. The van der Waals surface area contributed by atoms with Gasteiger partial charge in [0.05, 0.1) is 12.5 Å². The molecule has 4 heteroatoms. The average Bonchev–Trinajstić information content (AvgIpc) is 2.44. The van der Waals surface area contributed by atoms with Crippen LogP contribution in [0.25, 0.3) is 0 Å². The van der Waals surface area contributed by atoms with Gasteiger partial charge in [0.2, 0.25) is 0 Å². The molecule has 0 aromatic heterocycles. The molecule has 0 amide bonds. The van der Waals surface area contributed by atoms with Gasteiger partial charge in [0.1, 0.15) is 6.10 Å². The Morgan fingerprint density at radius 1 is 1.47 bits per heavy atom. The summed E-state index contributed by atoms with van der Waals surface area (Å²) in [6.07, 6.45) is 0.575. The molecular formula is C15H21NO3. The SMILES string of the molecule is CCOCC(C)OC(=O)C1CCNc2ccccc21. The van der Waals surface area contributed by atoms with E-state index in [2.05, 4.69) is 5.32 Å². The number of carbonyl (C=O) groups excluding carboxylic acids is 1. The third kappa shape index (κ3) is 3.47. The Bertz CT molecular complexity index is 433. The highest BCUT2D eigenvalue weighted by Gasteiger charge is 2.28. The molecule has 0 radical (unpaired) electrons. The van der Waals surface area contributed by atoms with Crippen LogP contribution in [0, 0.1) is 0 Å². The van der Waals surface area contributed by atoms with Crippen LogP contribution < -0.4 is 5.32 Å². The van der Waals surface area contributed by atoms with Crippen LogP contribution in [0.2, 0.25) is 0 Å². The number of esters is 1. The molecule has 1 N–H and O–H groups in total. The van der Waals surface area contributed by atoms with Crippen LogP contribution in [0.4, 0.5) is 5.69 Å². The Balaban J connectivity index is 2.00. The molecule has 0 spiro atoms. The average molecular weight is 263 g/mol. The predicted molar refractivity (Wildman–Crippen MR) is 74.3 cm³/mol. The van der Waals surface area contributed by atoms with Crippen LogP contribution in [0.5, 0.6) is 0 Å². The lowest BCUT2D eigenvalue weighted by atomic mass is 9.91. The molecule has 1 heterocycles. The van der Waals surface area contributed by atoms with Crippen molar-refractivity contribution >= 4 is 11.7 Å². The first-order valence-corrected chi connectivity index (χ1v) is 6.83. The third-order valence-corrected chi connectivity index (χ3v) is 3.24. The van der Waals surface area contributed by atoms with Gasteiger partial charge in [-0.05, 0) is 31.9 Å². The Morgan fingerprint density at radius 3 is 3.05 bits per heavy atom. The lowest BCUT2D eigenvalue weighted by Crippen LogP contribution is -2.28. The highest BCUT2D eigenvalue weighted by atomic mass is 16.6. The Kier molecular flexibility index (Phi) is 4.80. The largest absolute Gasteiger partial charge is 0.460 e. The molecule has 0 saturated carbocycles. The van der Waals surface area contributed by atoms with Crippen molar-refractivity contribution in [3.8, 4) is 0 Å². The monoisotopic (exact) mass is 263 g/mol. The minimum Gasteiger partial charge on any atom is -0.460 e. The fraction of sp³-hybridized carbons (Fsp3) is 0.533. The van der Waals surface area contributed by atoms with Gasteiger partial charge in [-0.15, -0.1) is 0 Å². The van der Waals surface area contributed by atoms with E-state index in [0.717, 1.165) is 24.2 Å². The van der Waals surface area contributed by atoms with E-state index in [1.807, 2.05) is 38.1 Å². The number of fused-ring (bicyclic) bond motifs is 1. The van der Waals surface area contributed by atoms with Gasteiger partial charge in [-0.3, -0.25) is 4.79 Å². The molecule has 0 aliphatic carbocycles. The standard InChI is InChI=1S/C15H21NO3/c1-3-18-10-11(2)19-15(17)13-8-9-16-14-7-5-4-6-12(13)14/h4-7,11,13,16H,3,8-10H2,1-2H3. The minimum absolute atomic E-state index is 0.152. The molecule has 1 aromatic rings. The number of hydrogen-bond acceptors (Lipinski definition) is 4. The van der Waals surface area contributed by atoms with E-state index >= 15 is 0 Å². The smallest absolute Gasteiger partial charge is 0.313 e. The number of nitrogens with one attached hydrogen (secondary N) is 1. The lowest BCUT2D eigenvalue weighted by Gasteiger charge is -2.26. The number of ether oxygens (including phenoxy) is 2. The van der Waals surface area contributed by atoms with Crippen molar-refractivity contribution in [3.63, 3.8) is 0 Å². The van der Waals surface area contributed by atoms with Gasteiger partial charge in [0, 0.05) is 18.8 Å². The van der Waals surface area contributed by atoms with Crippen molar-refractivity contribution in [1.82, 2.24) is 0 Å². The fourth-order valence-electron chi connectivity index (χ4n) is 2.31. The van der Waals surface area contributed by atoms with E-state index in [1.165, 1.54) is 0 Å². The molecule has 0 saturated heterocycles. The zero-order valence-corrected chi connectivity index (χ0v) is 11.5. The van der Waals surface area contributed by atoms with E-state index in [1.54, 1.807) is 0 Å². The highest BCUT2D eigenvalue weighted by molar-refractivity contribution is 5.81. The maximum atomic E-state index is 12.2. The van der Waals surface area contributed by atoms with Gasteiger partial charge in [0.25, 0.3) is 0 Å². The van der Waals surface area contributed by atoms with Crippen molar-refractivity contribution < 1.29 is 14.3 Å². The molecule has 19 heavy (non-hydrogen) atoms. The van der Waals surface area contributed by atoms with Gasteiger partial charge in [-0.25, -0.2) is 0 Å². The summed E-state index contributed by atoms with van der Waals surface area (Å²) in [6, 6.07) is 7.91. The second-order valence-corrected chi connectivity index (χ2v) is 4.76. The zero-order valence-electron chi connectivity index (χ0n) is 11.5. The molecular weight excluding hydrogens is 242 g/mol. The number of para-hydroxylation sites is 1. The summed E-state index contributed by atoms with van der Waals surface area (Å²) >= 11 is 0. The number of rotatable bonds is 5. The molecule has 0 bridgehead atoms. The van der Waals surface area contributed by atoms with Crippen molar-refractivity contribution in [3.05, 3.63) is 29.8 Å². The highest BCUT2D eigenvalue weighted by Crippen LogP contribution is 2.32. The number of carbonyl (C=O) groups is 1. The van der Waals surface area contributed by atoms with Crippen molar-refractivity contribution in [2.75, 3.05) is 25.1 Å². The number of hydrogen-bond donors (Lipinski definition) is 1. The van der Waals surface area contributed by atoms with Crippen molar-refractivity contribution in [1.29, 1.82) is 0 Å². The first-order chi connectivity index (χ1) is 9.22. The molecule has 2 rings (SSSR count). The van der Waals surface area contributed by atoms with Crippen molar-refractivity contribution in [2.24, 2.45) is 0 Å².